The highest BCUT2D eigenvalue weighted by Crippen LogP contribution is 2.22. The zero-order valence-corrected chi connectivity index (χ0v) is 11.5. The molecule has 106 valence electrons. The largest absolute Gasteiger partial charge is 0.457 e. The number of ether oxygens (including phenoxy) is 1. The Balaban J connectivity index is 1.92. The van der Waals surface area contributed by atoms with Crippen molar-refractivity contribution in [1.82, 2.24) is 0 Å². The Morgan fingerprint density at radius 3 is 2.29 bits per heavy atom. The number of hydrogen-bond acceptors (Lipinski definition) is 3. The molecule has 0 saturated heterocycles. The molecule has 0 radical (unpaired) electrons. The molecule has 0 aliphatic carbocycles. The minimum atomic E-state index is 0.478. The second-order valence-electron chi connectivity index (χ2n) is 4.39. The van der Waals surface area contributed by atoms with Crippen molar-refractivity contribution < 1.29 is 4.74 Å². The number of azide groups is 1. The Hall–Kier alpha value is -2.91. The fourth-order valence-electron chi connectivity index (χ4n) is 1.72. The van der Waals surface area contributed by atoms with E-state index in [2.05, 4.69) is 10.0 Å². The van der Waals surface area contributed by atoms with Crippen molar-refractivity contribution in [3.63, 3.8) is 0 Å². The zero-order valence-electron chi connectivity index (χ0n) is 11.5. The monoisotopic (exact) mass is 280 g/mol. The molecule has 0 bridgehead atoms. The molecule has 0 unspecified atom stereocenters. The van der Waals surface area contributed by atoms with Crippen LogP contribution in [-0.4, -0.2) is 6.54 Å². The summed E-state index contributed by atoms with van der Waals surface area (Å²) in [5.41, 5.74) is 15.6. The summed E-state index contributed by atoms with van der Waals surface area (Å²) in [5.74, 6) is 1.52. The number of nitrogens with zero attached hydrogens (tertiary/aromatic N) is 3. The van der Waals surface area contributed by atoms with Crippen molar-refractivity contribution in [3.8, 4) is 11.5 Å². The van der Waals surface area contributed by atoms with E-state index in [-0.39, 0.29) is 0 Å². The Bertz CT molecular complexity index is 641. The molecule has 0 spiro atoms. The second kappa shape index (κ2) is 7.62. The van der Waals surface area contributed by atoms with E-state index in [0.29, 0.717) is 12.2 Å². The average molecular weight is 280 g/mol. The molecule has 5 nitrogen and oxygen atoms in total. The minimum Gasteiger partial charge on any atom is -0.457 e. The Labute approximate surface area is 123 Å². The van der Waals surface area contributed by atoms with Crippen LogP contribution < -0.4 is 10.5 Å². The molecule has 2 rings (SSSR count). The number of hydrogen-bond donors (Lipinski definition) is 1. The molecule has 0 fully saturated rings. The minimum absolute atomic E-state index is 0.478. The third-order valence-electron chi connectivity index (χ3n) is 2.77. The lowest BCUT2D eigenvalue weighted by Gasteiger charge is -2.06. The van der Waals surface area contributed by atoms with Crippen LogP contribution in [0.25, 0.3) is 16.5 Å². The first-order chi connectivity index (χ1) is 10.3. The first kappa shape index (κ1) is 14.5. The number of nitrogens with two attached hydrogens (primary N) is 1. The predicted octanol–water partition coefficient (Wildman–Crippen LogP) is 4.77. The van der Waals surface area contributed by atoms with Crippen molar-refractivity contribution in [1.29, 1.82) is 0 Å². The highest BCUT2D eigenvalue weighted by atomic mass is 16.5. The van der Waals surface area contributed by atoms with Crippen molar-refractivity contribution in [2.24, 2.45) is 5.11 Å². The molecule has 0 aliphatic rings. The highest BCUT2D eigenvalue weighted by Gasteiger charge is 1.96. The summed E-state index contributed by atoms with van der Waals surface area (Å²) in [7, 11) is 0. The van der Waals surface area contributed by atoms with Gasteiger partial charge in [0.05, 0.1) is 0 Å². The lowest BCUT2D eigenvalue weighted by Crippen LogP contribution is -1.86. The quantitative estimate of drug-likeness (QED) is 0.271. The van der Waals surface area contributed by atoms with Crippen LogP contribution in [0, 0.1) is 0 Å². The molecule has 5 heteroatoms. The van der Waals surface area contributed by atoms with Gasteiger partial charge in [-0.3, -0.25) is 0 Å². The summed E-state index contributed by atoms with van der Waals surface area (Å²) in [6.07, 6.45) is 4.69. The van der Waals surface area contributed by atoms with Crippen LogP contribution in [0.3, 0.4) is 0 Å². The first-order valence-electron chi connectivity index (χ1n) is 6.59. The second-order valence-corrected chi connectivity index (χ2v) is 4.39. The smallest absolute Gasteiger partial charge is 0.127 e. The maximum Gasteiger partial charge on any atom is 0.127 e. The van der Waals surface area contributed by atoms with Gasteiger partial charge in [0.25, 0.3) is 0 Å². The van der Waals surface area contributed by atoms with Gasteiger partial charge in [-0.05, 0) is 53.9 Å². The van der Waals surface area contributed by atoms with Gasteiger partial charge in [0.1, 0.15) is 11.5 Å². The van der Waals surface area contributed by atoms with Crippen molar-refractivity contribution in [3.05, 3.63) is 70.6 Å². The molecule has 0 saturated carbocycles. The number of rotatable bonds is 6. The maximum absolute atomic E-state index is 8.16. The van der Waals surface area contributed by atoms with Crippen LogP contribution >= 0.6 is 0 Å². The molecule has 2 aromatic rings. The van der Waals surface area contributed by atoms with E-state index in [0.717, 1.165) is 23.5 Å². The molecule has 0 atom stereocenters. The third kappa shape index (κ3) is 4.93. The van der Waals surface area contributed by atoms with Gasteiger partial charge in [0.15, 0.2) is 0 Å². The van der Waals surface area contributed by atoms with E-state index in [1.165, 1.54) is 0 Å². The molecule has 0 heterocycles. The van der Waals surface area contributed by atoms with Gasteiger partial charge in [0.2, 0.25) is 0 Å². The molecule has 0 aromatic heterocycles. The fourth-order valence-corrected chi connectivity index (χ4v) is 1.72. The molecule has 0 aliphatic heterocycles. The zero-order chi connectivity index (χ0) is 14.9. The molecular weight excluding hydrogens is 264 g/mol. The summed E-state index contributed by atoms with van der Waals surface area (Å²) >= 11 is 0. The van der Waals surface area contributed by atoms with E-state index in [1.54, 1.807) is 12.1 Å². The number of nitrogen functional groups attached to an aromatic ring is 1. The van der Waals surface area contributed by atoms with Gasteiger partial charge in [0, 0.05) is 17.1 Å². The van der Waals surface area contributed by atoms with Gasteiger partial charge in [-0.1, -0.05) is 29.4 Å². The maximum atomic E-state index is 8.16. The lowest BCUT2D eigenvalue weighted by atomic mass is 10.2. The van der Waals surface area contributed by atoms with Crippen molar-refractivity contribution in [2.45, 2.75) is 6.42 Å². The summed E-state index contributed by atoms with van der Waals surface area (Å²) < 4.78 is 5.71. The molecule has 2 aromatic carbocycles. The van der Waals surface area contributed by atoms with Crippen LogP contribution in [0.4, 0.5) is 5.69 Å². The van der Waals surface area contributed by atoms with E-state index in [1.807, 2.05) is 48.6 Å². The first-order valence-corrected chi connectivity index (χ1v) is 6.59. The SMILES string of the molecule is [N-]=[N+]=NCCC=Cc1ccc(Oc2ccc(N)cc2)cc1. The standard InChI is InChI=1S/C16H16N4O/c17-14-6-10-16(11-7-14)21-15-8-4-13(5-9-15)3-1-2-12-19-20-18/h1,3-11H,2,12,17H2. The number of anilines is 1. The van der Waals surface area contributed by atoms with Crippen LogP contribution in [0.5, 0.6) is 11.5 Å². The highest BCUT2D eigenvalue weighted by molar-refractivity contribution is 5.51. The van der Waals surface area contributed by atoms with Crippen LogP contribution in [-0.2, 0) is 0 Å². The summed E-state index contributed by atoms with van der Waals surface area (Å²) in [4.78, 5) is 2.70. The van der Waals surface area contributed by atoms with Crippen molar-refractivity contribution >= 4 is 11.8 Å². The van der Waals surface area contributed by atoms with E-state index in [9.17, 15) is 0 Å². The fraction of sp³-hybridized carbons (Fsp3) is 0.125. The molecule has 2 N–H and O–H groups in total. The van der Waals surface area contributed by atoms with Gasteiger partial charge < -0.3 is 10.5 Å². The number of benzene rings is 2. The topological polar surface area (TPSA) is 84.0 Å². The van der Waals surface area contributed by atoms with Crippen molar-refractivity contribution in [2.75, 3.05) is 12.3 Å². The van der Waals surface area contributed by atoms with Gasteiger partial charge in [-0.2, -0.15) is 0 Å². The van der Waals surface area contributed by atoms with E-state index in [4.69, 9.17) is 16.0 Å². The van der Waals surface area contributed by atoms with Gasteiger partial charge in [-0.25, -0.2) is 0 Å². The average Bonchev–Trinajstić information content (AvgIpc) is 2.51. The van der Waals surface area contributed by atoms with E-state index < -0.39 is 0 Å². The summed E-state index contributed by atoms with van der Waals surface area (Å²) in [6.45, 7) is 0.478. The molecule has 0 amide bonds. The summed E-state index contributed by atoms with van der Waals surface area (Å²) in [5, 5.41) is 3.47. The van der Waals surface area contributed by atoms with Gasteiger partial charge in [-0.15, -0.1) is 0 Å². The Morgan fingerprint density at radius 2 is 1.67 bits per heavy atom. The van der Waals surface area contributed by atoms with Crippen LogP contribution in [0.1, 0.15) is 12.0 Å². The lowest BCUT2D eigenvalue weighted by molar-refractivity contribution is 0.483. The van der Waals surface area contributed by atoms with Crippen LogP contribution in [0.15, 0.2) is 59.7 Å². The van der Waals surface area contributed by atoms with Crippen LogP contribution in [0.2, 0.25) is 0 Å². The van der Waals surface area contributed by atoms with Gasteiger partial charge >= 0.3 is 0 Å². The predicted molar refractivity (Wildman–Crippen MR) is 85.0 cm³/mol. The Morgan fingerprint density at radius 1 is 1.05 bits per heavy atom. The normalized spacial score (nSPS) is 10.3. The molecular formula is C16H16N4O. The summed E-state index contributed by atoms with van der Waals surface area (Å²) in [6, 6.07) is 15.0. The Kier molecular flexibility index (Phi) is 5.26. The third-order valence-corrected chi connectivity index (χ3v) is 2.77. The molecule has 21 heavy (non-hydrogen) atoms. The van der Waals surface area contributed by atoms with E-state index >= 15 is 0 Å².